The number of amides is 2. The molecule has 5 nitrogen and oxygen atoms in total. The second-order valence-electron chi connectivity index (χ2n) is 7.05. The molecule has 2 aromatic carbocycles. The van der Waals surface area contributed by atoms with Gasteiger partial charge in [0.25, 0.3) is 0 Å². The minimum atomic E-state index is -0.208. The van der Waals surface area contributed by atoms with E-state index in [1.165, 1.54) is 12.8 Å². The molecule has 27 heavy (non-hydrogen) atoms. The molecule has 2 N–H and O–H groups in total. The molecule has 0 aliphatic carbocycles. The summed E-state index contributed by atoms with van der Waals surface area (Å²) in [5, 5.41) is 6.70. The molecule has 0 radical (unpaired) electrons. The van der Waals surface area contributed by atoms with Gasteiger partial charge in [-0.3, -0.25) is 0 Å². The Hall–Kier alpha value is -2.24. The highest BCUT2D eigenvalue weighted by Gasteiger charge is 2.19. The SMILES string of the molecule is CN(C)C(CNC(=O)Nc1ccccc1N1CCCC1)c1ccccc1Cl. The normalized spacial score (nSPS) is 15.0. The zero-order chi connectivity index (χ0) is 19.2. The Morgan fingerprint density at radius 2 is 1.78 bits per heavy atom. The molecular weight excluding hydrogens is 360 g/mol. The molecule has 0 aromatic heterocycles. The molecule has 2 amide bonds. The molecule has 6 heteroatoms. The van der Waals surface area contributed by atoms with Crippen LogP contribution in [0.2, 0.25) is 5.02 Å². The van der Waals surface area contributed by atoms with E-state index in [2.05, 4.69) is 26.5 Å². The van der Waals surface area contributed by atoms with Crippen molar-refractivity contribution in [2.45, 2.75) is 18.9 Å². The Labute approximate surface area is 166 Å². The van der Waals surface area contributed by atoms with Crippen LogP contribution in [0.3, 0.4) is 0 Å². The van der Waals surface area contributed by atoms with Crippen molar-refractivity contribution in [2.75, 3.05) is 43.9 Å². The fourth-order valence-electron chi connectivity index (χ4n) is 3.49. The Morgan fingerprint density at radius 1 is 1.11 bits per heavy atom. The van der Waals surface area contributed by atoms with Crippen molar-refractivity contribution in [1.82, 2.24) is 10.2 Å². The fourth-order valence-corrected chi connectivity index (χ4v) is 3.75. The summed E-state index contributed by atoms with van der Waals surface area (Å²) >= 11 is 6.34. The Morgan fingerprint density at radius 3 is 2.48 bits per heavy atom. The van der Waals surface area contributed by atoms with Gasteiger partial charge < -0.3 is 20.4 Å². The van der Waals surface area contributed by atoms with Gasteiger partial charge >= 0.3 is 6.03 Å². The molecule has 1 aliphatic heterocycles. The van der Waals surface area contributed by atoms with E-state index in [1.807, 2.05) is 56.6 Å². The average molecular weight is 387 g/mol. The van der Waals surface area contributed by atoms with Gasteiger partial charge in [0.1, 0.15) is 0 Å². The number of para-hydroxylation sites is 2. The summed E-state index contributed by atoms with van der Waals surface area (Å²) in [6.45, 7) is 2.54. The zero-order valence-corrected chi connectivity index (χ0v) is 16.7. The number of hydrogen-bond acceptors (Lipinski definition) is 3. The second-order valence-corrected chi connectivity index (χ2v) is 7.45. The third-order valence-electron chi connectivity index (χ3n) is 4.94. The van der Waals surface area contributed by atoms with E-state index in [1.54, 1.807) is 0 Å². The van der Waals surface area contributed by atoms with Gasteiger partial charge in [-0.1, -0.05) is 41.9 Å². The first kappa shape index (κ1) is 19.5. The first-order chi connectivity index (χ1) is 13.1. The van der Waals surface area contributed by atoms with E-state index >= 15 is 0 Å². The zero-order valence-electron chi connectivity index (χ0n) is 15.9. The Bertz CT molecular complexity index is 774. The molecule has 0 bridgehead atoms. The number of hydrogen-bond donors (Lipinski definition) is 2. The van der Waals surface area contributed by atoms with Crippen molar-refractivity contribution in [3.8, 4) is 0 Å². The van der Waals surface area contributed by atoms with Crippen molar-refractivity contribution in [1.29, 1.82) is 0 Å². The molecule has 1 unspecified atom stereocenters. The first-order valence-corrected chi connectivity index (χ1v) is 9.73. The maximum absolute atomic E-state index is 12.5. The predicted octanol–water partition coefficient (Wildman–Crippen LogP) is 4.36. The minimum absolute atomic E-state index is 0.00160. The second kappa shape index (κ2) is 9.11. The van der Waals surface area contributed by atoms with Crippen LogP contribution in [-0.2, 0) is 0 Å². The van der Waals surface area contributed by atoms with Crippen molar-refractivity contribution in [2.24, 2.45) is 0 Å². The molecular formula is C21H27ClN4O. The lowest BCUT2D eigenvalue weighted by Crippen LogP contribution is -2.37. The lowest BCUT2D eigenvalue weighted by atomic mass is 10.1. The summed E-state index contributed by atoms with van der Waals surface area (Å²) in [4.78, 5) is 16.9. The van der Waals surface area contributed by atoms with Crippen LogP contribution in [-0.4, -0.2) is 44.7 Å². The van der Waals surface area contributed by atoms with Gasteiger partial charge in [0.15, 0.2) is 0 Å². The third kappa shape index (κ3) is 4.93. The summed E-state index contributed by atoms with van der Waals surface area (Å²) < 4.78 is 0. The number of nitrogens with one attached hydrogen (secondary N) is 2. The minimum Gasteiger partial charge on any atom is -0.370 e. The molecule has 2 aromatic rings. The molecule has 144 valence electrons. The summed E-state index contributed by atoms with van der Waals surface area (Å²) in [5.74, 6) is 0. The van der Waals surface area contributed by atoms with Crippen LogP contribution in [0.25, 0.3) is 0 Å². The van der Waals surface area contributed by atoms with Gasteiger partial charge in [0.2, 0.25) is 0 Å². The monoisotopic (exact) mass is 386 g/mol. The van der Waals surface area contributed by atoms with Crippen LogP contribution >= 0.6 is 11.6 Å². The maximum Gasteiger partial charge on any atom is 0.319 e. The van der Waals surface area contributed by atoms with Crippen LogP contribution in [0.4, 0.5) is 16.2 Å². The number of nitrogens with zero attached hydrogens (tertiary/aromatic N) is 2. The topological polar surface area (TPSA) is 47.6 Å². The number of carbonyl (C=O) groups excluding carboxylic acids is 1. The van der Waals surface area contributed by atoms with Gasteiger partial charge in [-0.15, -0.1) is 0 Å². The fraction of sp³-hybridized carbons (Fsp3) is 0.381. The van der Waals surface area contributed by atoms with E-state index in [0.29, 0.717) is 11.6 Å². The number of benzene rings is 2. The van der Waals surface area contributed by atoms with E-state index in [-0.39, 0.29) is 12.1 Å². The number of urea groups is 1. The van der Waals surface area contributed by atoms with Crippen molar-refractivity contribution >= 4 is 29.0 Å². The van der Waals surface area contributed by atoms with Gasteiger partial charge in [-0.2, -0.15) is 0 Å². The molecule has 3 rings (SSSR count). The summed E-state index contributed by atoms with van der Waals surface area (Å²) in [7, 11) is 3.96. The van der Waals surface area contributed by atoms with Crippen molar-refractivity contribution < 1.29 is 4.79 Å². The first-order valence-electron chi connectivity index (χ1n) is 9.36. The number of likely N-dealkylation sites (N-methyl/N-ethyl adjacent to an activating group) is 1. The van der Waals surface area contributed by atoms with E-state index in [0.717, 1.165) is 30.0 Å². The smallest absolute Gasteiger partial charge is 0.319 e. The molecule has 1 saturated heterocycles. The number of rotatable bonds is 6. The third-order valence-corrected chi connectivity index (χ3v) is 5.29. The van der Waals surface area contributed by atoms with Crippen LogP contribution in [0.1, 0.15) is 24.4 Å². The van der Waals surface area contributed by atoms with E-state index < -0.39 is 0 Å². The van der Waals surface area contributed by atoms with Crippen molar-refractivity contribution in [3.63, 3.8) is 0 Å². The van der Waals surface area contributed by atoms with Gasteiger partial charge in [0.05, 0.1) is 17.4 Å². The molecule has 0 spiro atoms. The highest BCUT2D eigenvalue weighted by Crippen LogP contribution is 2.29. The molecule has 1 heterocycles. The van der Waals surface area contributed by atoms with Crippen molar-refractivity contribution in [3.05, 3.63) is 59.1 Å². The quantitative estimate of drug-likeness (QED) is 0.775. The highest BCUT2D eigenvalue weighted by atomic mass is 35.5. The standard InChI is InChI=1S/C21H27ClN4O/c1-25(2)20(16-9-3-4-10-17(16)22)15-23-21(27)24-18-11-5-6-12-19(18)26-13-7-8-14-26/h3-6,9-12,20H,7-8,13-15H2,1-2H3,(H2,23,24,27). The molecule has 1 aliphatic rings. The largest absolute Gasteiger partial charge is 0.370 e. The van der Waals surface area contributed by atoms with Crippen LogP contribution in [0.15, 0.2) is 48.5 Å². The number of anilines is 2. The predicted molar refractivity (Wildman–Crippen MR) is 113 cm³/mol. The van der Waals surface area contributed by atoms with Crippen LogP contribution in [0, 0.1) is 0 Å². The van der Waals surface area contributed by atoms with Gasteiger partial charge in [-0.25, -0.2) is 4.79 Å². The molecule has 0 saturated carbocycles. The lowest BCUT2D eigenvalue weighted by Gasteiger charge is -2.26. The van der Waals surface area contributed by atoms with Crippen LogP contribution < -0.4 is 15.5 Å². The molecule has 1 fully saturated rings. The van der Waals surface area contributed by atoms with Gasteiger partial charge in [0, 0.05) is 24.7 Å². The van der Waals surface area contributed by atoms with Gasteiger partial charge in [-0.05, 0) is 50.7 Å². The average Bonchev–Trinajstić information content (AvgIpc) is 3.18. The van der Waals surface area contributed by atoms with Crippen LogP contribution in [0.5, 0.6) is 0 Å². The summed E-state index contributed by atoms with van der Waals surface area (Å²) in [5.41, 5.74) is 2.93. The maximum atomic E-state index is 12.5. The summed E-state index contributed by atoms with van der Waals surface area (Å²) in [6, 6.07) is 15.5. The molecule has 1 atom stereocenters. The van der Waals surface area contributed by atoms with E-state index in [9.17, 15) is 4.79 Å². The number of halogens is 1. The Balaban J connectivity index is 1.65. The van der Waals surface area contributed by atoms with E-state index in [4.69, 9.17) is 11.6 Å². The highest BCUT2D eigenvalue weighted by molar-refractivity contribution is 6.31. The lowest BCUT2D eigenvalue weighted by molar-refractivity contribution is 0.243. The Kier molecular flexibility index (Phi) is 6.58. The number of carbonyl (C=O) groups is 1. The summed E-state index contributed by atoms with van der Waals surface area (Å²) in [6.07, 6.45) is 2.39.